The van der Waals surface area contributed by atoms with Gasteiger partial charge in [0.05, 0.1) is 6.54 Å². The van der Waals surface area contributed by atoms with Gasteiger partial charge in [-0.3, -0.25) is 0 Å². The Kier molecular flexibility index (Phi) is 4.90. The van der Waals surface area contributed by atoms with Crippen LogP contribution in [0.4, 0.5) is 5.82 Å². The van der Waals surface area contributed by atoms with E-state index in [1.807, 2.05) is 25.1 Å². The first-order valence-corrected chi connectivity index (χ1v) is 9.69. The molecule has 0 spiro atoms. The molecule has 5 nitrogen and oxygen atoms in total. The number of aromatic hydroxyl groups is 1. The highest BCUT2D eigenvalue weighted by atomic mass is 16.5. The van der Waals surface area contributed by atoms with E-state index < -0.39 is 0 Å². The van der Waals surface area contributed by atoms with Gasteiger partial charge in [-0.25, -0.2) is 9.97 Å². The second-order valence-electron chi connectivity index (χ2n) is 7.21. The molecular weight excluding hydrogens is 350 g/mol. The lowest BCUT2D eigenvalue weighted by atomic mass is 9.98. The van der Waals surface area contributed by atoms with Gasteiger partial charge in [0.25, 0.3) is 0 Å². The number of aromatic nitrogens is 2. The first-order chi connectivity index (χ1) is 13.5. The van der Waals surface area contributed by atoms with Gasteiger partial charge in [-0.05, 0) is 42.7 Å². The van der Waals surface area contributed by atoms with Crippen LogP contribution in [0, 0.1) is 13.8 Å². The fourth-order valence-electron chi connectivity index (χ4n) is 3.68. The van der Waals surface area contributed by atoms with Crippen molar-refractivity contribution < 1.29 is 9.84 Å². The van der Waals surface area contributed by atoms with E-state index >= 15 is 0 Å². The lowest BCUT2D eigenvalue weighted by Gasteiger charge is -2.22. The van der Waals surface area contributed by atoms with Crippen LogP contribution in [-0.4, -0.2) is 28.2 Å². The third kappa shape index (κ3) is 3.52. The van der Waals surface area contributed by atoms with Gasteiger partial charge >= 0.3 is 0 Å². The standard InChI is InChI=1S/C23H25N3O2/c1-4-21-24-16(3)11-22(25-21)26-9-10-28-23-18(14-26)12-17(13-20(23)27)19-8-6-5-7-15(19)2/h5-8,11-13,27H,4,9-10,14H2,1-3H3. The van der Waals surface area contributed by atoms with Crippen LogP contribution in [0.25, 0.3) is 11.1 Å². The summed E-state index contributed by atoms with van der Waals surface area (Å²) in [5.74, 6) is 2.51. The Hall–Kier alpha value is -3.08. The van der Waals surface area contributed by atoms with E-state index in [4.69, 9.17) is 9.72 Å². The van der Waals surface area contributed by atoms with E-state index in [9.17, 15) is 5.11 Å². The highest BCUT2D eigenvalue weighted by molar-refractivity contribution is 5.72. The number of anilines is 1. The number of rotatable bonds is 3. The van der Waals surface area contributed by atoms with E-state index in [-0.39, 0.29) is 5.75 Å². The summed E-state index contributed by atoms with van der Waals surface area (Å²) in [5, 5.41) is 10.6. The molecule has 0 radical (unpaired) electrons. The van der Waals surface area contributed by atoms with Gasteiger partial charge in [0, 0.05) is 30.3 Å². The summed E-state index contributed by atoms with van der Waals surface area (Å²) in [6, 6.07) is 14.1. The molecule has 0 saturated heterocycles. The molecule has 4 rings (SSSR count). The smallest absolute Gasteiger partial charge is 0.166 e. The zero-order valence-corrected chi connectivity index (χ0v) is 16.6. The minimum absolute atomic E-state index is 0.186. The molecule has 0 fully saturated rings. The van der Waals surface area contributed by atoms with Gasteiger partial charge in [-0.1, -0.05) is 31.2 Å². The molecule has 0 atom stereocenters. The second-order valence-corrected chi connectivity index (χ2v) is 7.21. The molecule has 5 heteroatoms. The van der Waals surface area contributed by atoms with E-state index in [0.717, 1.165) is 40.4 Å². The number of hydrogen-bond acceptors (Lipinski definition) is 5. The summed E-state index contributed by atoms with van der Waals surface area (Å²) in [7, 11) is 0. The largest absolute Gasteiger partial charge is 0.504 e. The van der Waals surface area contributed by atoms with Crippen molar-refractivity contribution in [3.8, 4) is 22.6 Å². The number of aryl methyl sites for hydroxylation is 3. The van der Waals surface area contributed by atoms with Crippen molar-refractivity contribution in [2.75, 3.05) is 18.1 Å². The first-order valence-electron chi connectivity index (χ1n) is 9.69. The maximum absolute atomic E-state index is 10.6. The van der Waals surface area contributed by atoms with Crippen LogP contribution in [0.3, 0.4) is 0 Å². The maximum Gasteiger partial charge on any atom is 0.166 e. The van der Waals surface area contributed by atoms with Gasteiger partial charge in [0.2, 0.25) is 0 Å². The molecule has 0 bridgehead atoms. The maximum atomic E-state index is 10.6. The number of fused-ring (bicyclic) bond motifs is 1. The summed E-state index contributed by atoms with van der Waals surface area (Å²) < 4.78 is 5.90. The average Bonchev–Trinajstić information content (AvgIpc) is 2.90. The number of ether oxygens (including phenoxy) is 1. The molecule has 0 unspecified atom stereocenters. The Balaban J connectivity index is 1.75. The van der Waals surface area contributed by atoms with Crippen LogP contribution >= 0.6 is 0 Å². The zero-order valence-electron chi connectivity index (χ0n) is 16.6. The summed E-state index contributed by atoms with van der Waals surface area (Å²) in [5.41, 5.74) is 5.21. The number of phenols is 1. The predicted octanol–water partition coefficient (Wildman–Crippen LogP) is 4.43. The highest BCUT2D eigenvalue weighted by Gasteiger charge is 2.21. The quantitative estimate of drug-likeness (QED) is 0.734. The highest BCUT2D eigenvalue weighted by Crippen LogP contribution is 2.38. The molecule has 28 heavy (non-hydrogen) atoms. The van der Waals surface area contributed by atoms with Crippen molar-refractivity contribution in [2.24, 2.45) is 0 Å². The van der Waals surface area contributed by atoms with Crippen LogP contribution < -0.4 is 9.64 Å². The minimum Gasteiger partial charge on any atom is -0.504 e. The predicted molar refractivity (Wildman–Crippen MR) is 111 cm³/mol. The van der Waals surface area contributed by atoms with Crippen LogP contribution in [0.5, 0.6) is 11.5 Å². The lowest BCUT2D eigenvalue weighted by molar-refractivity contribution is 0.311. The normalized spacial score (nSPS) is 13.6. The van der Waals surface area contributed by atoms with Crippen molar-refractivity contribution >= 4 is 5.82 Å². The molecule has 1 aliphatic rings. The molecule has 0 saturated carbocycles. The number of benzene rings is 2. The molecule has 144 valence electrons. The molecule has 2 aromatic carbocycles. The minimum atomic E-state index is 0.186. The third-order valence-corrected chi connectivity index (χ3v) is 5.10. The van der Waals surface area contributed by atoms with Crippen molar-refractivity contribution in [2.45, 2.75) is 33.7 Å². The van der Waals surface area contributed by atoms with Crippen molar-refractivity contribution in [1.29, 1.82) is 0 Å². The van der Waals surface area contributed by atoms with Crippen LogP contribution in [0.15, 0.2) is 42.5 Å². The van der Waals surface area contributed by atoms with Gasteiger partial charge in [0.15, 0.2) is 11.5 Å². The Morgan fingerprint density at radius 2 is 1.93 bits per heavy atom. The van der Waals surface area contributed by atoms with Gasteiger partial charge in [-0.15, -0.1) is 0 Å². The fourth-order valence-corrected chi connectivity index (χ4v) is 3.68. The number of phenolic OH excluding ortho intramolecular Hbond substituents is 1. The summed E-state index contributed by atoms with van der Waals surface area (Å²) in [4.78, 5) is 11.4. The fraction of sp³-hybridized carbons (Fsp3) is 0.304. The number of hydrogen-bond donors (Lipinski definition) is 1. The molecular formula is C23H25N3O2. The molecule has 0 aliphatic carbocycles. The van der Waals surface area contributed by atoms with E-state index in [1.165, 1.54) is 5.56 Å². The second kappa shape index (κ2) is 7.50. The topological polar surface area (TPSA) is 58.5 Å². The zero-order chi connectivity index (χ0) is 19.7. The van der Waals surface area contributed by atoms with Gasteiger partial charge in [0.1, 0.15) is 18.2 Å². The Morgan fingerprint density at radius 1 is 1.11 bits per heavy atom. The Bertz CT molecular complexity index is 1020. The van der Waals surface area contributed by atoms with Gasteiger partial charge in [-0.2, -0.15) is 0 Å². The monoisotopic (exact) mass is 375 g/mol. The molecule has 1 N–H and O–H groups in total. The first kappa shape index (κ1) is 18.3. The van der Waals surface area contributed by atoms with E-state index in [1.54, 1.807) is 6.07 Å². The van der Waals surface area contributed by atoms with Crippen molar-refractivity contribution in [1.82, 2.24) is 9.97 Å². The van der Waals surface area contributed by atoms with Crippen LogP contribution in [-0.2, 0) is 13.0 Å². The Morgan fingerprint density at radius 3 is 2.71 bits per heavy atom. The summed E-state index contributed by atoms with van der Waals surface area (Å²) in [6.07, 6.45) is 0.799. The van der Waals surface area contributed by atoms with E-state index in [0.29, 0.717) is 25.4 Å². The van der Waals surface area contributed by atoms with Crippen LogP contribution in [0.1, 0.15) is 29.6 Å². The van der Waals surface area contributed by atoms with Crippen LogP contribution in [0.2, 0.25) is 0 Å². The van der Waals surface area contributed by atoms with E-state index in [2.05, 4.69) is 41.9 Å². The Labute approximate surface area is 165 Å². The van der Waals surface area contributed by atoms with Crippen molar-refractivity contribution in [3.63, 3.8) is 0 Å². The summed E-state index contributed by atoms with van der Waals surface area (Å²) in [6.45, 7) is 7.96. The number of nitrogens with zero attached hydrogens (tertiary/aromatic N) is 3. The molecule has 3 aromatic rings. The summed E-state index contributed by atoms with van der Waals surface area (Å²) >= 11 is 0. The van der Waals surface area contributed by atoms with Crippen molar-refractivity contribution in [3.05, 3.63) is 65.1 Å². The lowest BCUT2D eigenvalue weighted by Crippen LogP contribution is -2.26. The van der Waals surface area contributed by atoms with Gasteiger partial charge < -0.3 is 14.7 Å². The molecule has 2 heterocycles. The molecule has 0 amide bonds. The molecule has 1 aromatic heterocycles. The average molecular weight is 375 g/mol. The molecule has 1 aliphatic heterocycles. The third-order valence-electron chi connectivity index (χ3n) is 5.10. The SMILES string of the molecule is CCc1nc(C)cc(N2CCOc3c(O)cc(-c4ccccc4C)cc3C2)n1.